The van der Waals surface area contributed by atoms with Crippen LogP contribution in [0.5, 0.6) is 0 Å². The van der Waals surface area contributed by atoms with E-state index in [1.54, 1.807) is 0 Å². The minimum Gasteiger partial charge on any atom is -0.394 e. The van der Waals surface area contributed by atoms with Gasteiger partial charge in [0.05, 0.1) is 0 Å². The van der Waals surface area contributed by atoms with E-state index in [4.69, 9.17) is 45.3 Å². The Morgan fingerprint density at radius 2 is 0.339 bits per heavy atom. The smallest absolute Gasteiger partial charge is 0.394 e. The summed E-state index contributed by atoms with van der Waals surface area (Å²) in [6.07, 6.45) is 33.2. The van der Waals surface area contributed by atoms with E-state index in [0.29, 0.717) is 0 Å². The van der Waals surface area contributed by atoms with Gasteiger partial charge in [0, 0.05) is 33.2 Å². The fraction of sp³-hybridized carbons (Fsp3) is 1.00. The summed E-state index contributed by atoms with van der Waals surface area (Å²) < 4.78 is 91.3. The predicted molar refractivity (Wildman–Crippen MR) is 242 cm³/mol. The lowest BCUT2D eigenvalue weighted by atomic mass is 10.0. The van der Waals surface area contributed by atoms with E-state index in [9.17, 15) is 0 Å². The van der Waals surface area contributed by atoms with Crippen LogP contribution < -0.4 is 0 Å². The second-order valence-electron chi connectivity index (χ2n) is 21.6. The van der Waals surface area contributed by atoms with Crippen LogP contribution in [0, 0.1) is 0 Å². The normalized spacial score (nSPS) is 45.2. The average Bonchev–Trinajstić information content (AvgIpc) is 3.23. The highest BCUT2D eigenvalue weighted by Gasteiger charge is 2.83. The van der Waals surface area contributed by atoms with Crippen molar-refractivity contribution in [2.24, 2.45) is 0 Å². The fourth-order valence-electron chi connectivity index (χ4n) is 13.4. The first-order chi connectivity index (χ1) is 28.4. The maximum atomic E-state index is 8.54. The predicted octanol–water partition coefficient (Wildman–Crippen LogP) is 12.3. The Kier molecular flexibility index (Phi) is 12.9. The molecule has 10 aliphatic rings. The topological polar surface area (TPSA) is 102 Å². The summed E-state index contributed by atoms with van der Waals surface area (Å²) in [5, 5.41) is 0. The molecule has 4 aliphatic heterocycles. The van der Waals surface area contributed by atoms with Gasteiger partial charge < -0.3 is 45.3 Å². The molecule has 4 atom stereocenters. The van der Waals surface area contributed by atoms with Crippen molar-refractivity contribution in [3.63, 3.8) is 0 Å². The number of hydrogen-bond acceptors (Lipinski definition) is 11. The third-order valence-corrected chi connectivity index (χ3v) is 54.0. The molecular weight excluding hydrogens is 881 g/mol. The molecule has 4 heterocycles. The summed E-state index contributed by atoms with van der Waals surface area (Å²) in [5.41, 5.74) is 0.626. The maximum absolute atomic E-state index is 8.54. The van der Waals surface area contributed by atoms with Gasteiger partial charge in [0.1, 0.15) is 0 Å². The molecule has 0 aromatic carbocycles. The van der Waals surface area contributed by atoms with E-state index in [2.05, 4.69) is 26.2 Å². The molecule has 59 heavy (non-hydrogen) atoms. The van der Waals surface area contributed by atoms with Crippen molar-refractivity contribution in [3.05, 3.63) is 0 Å². The van der Waals surface area contributed by atoms with Gasteiger partial charge in [-0.05, 0) is 103 Å². The minimum atomic E-state index is -3.87. The van der Waals surface area contributed by atoms with Crippen molar-refractivity contribution in [1.29, 1.82) is 0 Å². The standard InChI is InChI=1S/C40H78O11Si8/c1-52(2)41-54(35-23-11-5-12-24-35)45-56(37-27-15-7-16-28-37)43-53(3,4)44-57(38-29-17-8-18-30-38)46-55(42-52,36-25-13-6-14-26-36)48-58(47-54,39-31-19-9-20-32-39)51-59(49-56,50-57)40-33-21-10-22-34-40/h35-40H,5-34H2,1-4H3. The molecule has 0 N–H and O–H groups in total. The second kappa shape index (κ2) is 17.2. The highest BCUT2D eigenvalue weighted by atomic mass is 28.6. The van der Waals surface area contributed by atoms with Gasteiger partial charge >= 0.3 is 69.9 Å². The molecule has 336 valence electrons. The molecule has 4 unspecified atom stereocenters. The van der Waals surface area contributed by atoms with Crippen LogP contribution in [0.25, 0.3) is 0 Å². The van der Waals surface area contributed by atoms with Crippen LogP contribution >= 0.6 is 0 Å². The molecule has 6 bridgehead atoms. The molecule has 19 heteroatoms. The van der Waals surface area contributed by atoms with Crippen molar-refractivity contribution in [3.8, 4) is 0 Å². The van der Waals surface area contributed by atoms with Gasteiger partial charge in [0.2, 0.25) is 0 Å². The van der Waals surface area contributed by atoms with Crippen LogP contribution in [0.15, 0.2) is 0 Å². The maximum Gasteiger partial charge on any atom is 0.482 e. The number of hydrogen-bond donors (Lipinski definition) is 0. The summed E-state index contributed by atoms with van der Waals surface area (Å²) in [5.74, 6) is 0. The number of rotatable bonds is 6. The molecule has 0 spiro atoms. The summed E-state index contributed by atoms with van der Waals surface area (Å²) in [7, 11) is -29.1. The summed E-state index contributed by atoms with van der Waals surface area (Å²) in [6.45, 7) is 8.99. The third-order valence-electron chi connectivity index (χ3n) is 16.2. The Morgan fingerprint density at radius 1 is 0.203 bits per heavy atom. The lowest BCUT2D eigenvalue weighted by Gasteiger charge is -2.65. The lowest BCUT2D eigenvalue weighted by Crippen LogP contribution is -2.87. The molecule has 0 radical (unpaired) electrons. The first-order valence-electron chi connectivity index (χ1n) is 25.1. The highest BCUT2D eigenvalue weighted by molar-refractivity contribution is 7.02. The average molecular weight is 960 g/mol. The van der Waals surface area contributed by atoms with Gasteiger partial charge in [0.25, 0.3) is 0 Å². The van der Waals surface area contributed by atoms with Crippen molar-refractivity contribution < 1.29 is 45.3 Å². The molecule has 0 amide bonds. The first-order valence-corrected chi connectivity index (χ1v) is 41.6. The molecule has 4 saturated heterocycles. The van der Waals surface area contributed by atoms with Gasteiger partial charge in [0.15, 0.2) is 0 Å². The summed E-state index contributed by atoms with van der Waals surface area (Å²) in [4.78, 5) is 0. The Morgan fingerprint density at radius 3 is 0.492 bits per heavy atom. The quantitative estimate of drug-likeness (QED) is 0.238. The molecule has 6 aliphatic carbocycles. The van der Waals surface area contributed by atoms with Crippen molar-refractivity contribution in [2.45, 2.75) is 252 Å². The van der Waals surface area contributed by atoms with Crippen LogP contribution in [0.2, 0.25) is 59.4 Å². The van der Waals surface area contributed by atoms with E-state index in [-0.39, 0.29) is 33.2 Å². The Balaban J connectivity index is 1.28. The van der Waals surface area contributed by atoms with Crippen LogP contribution in [0.1, 0.15) is 193 Å². The largest absolute Gasteiger partial charge is 0.482 e. The van der Waals surface area contributed by atoms with Crippen molar-refractivity contribution in [1.82, 2.24) is 0 Å². The third kappa shape index (κ3) is 8.50. The Hall–Kier alpha value is 1.30. The van der Waals surface area contributed by atoms with E-state index < -0.39 is 69.9 Å². The van der Waals surface area contributed by atoms with Crippen molar-refractivity contribution in [2.75, 3.05) is 0 Å². The van der Waals surface area contributed by atoms with Crippen LogP contribution in [-0.2, 0) is 45.3 Å². The van der Waals surface area contributed by atoms with Crippen LogP contribution in [-0.4, -0.2) is 69.9 Å². The monoisotopic (exact) mass is 958 g/mol. The van der Waals surface area contributed by atoms with E-state index >= 15 is 0 Å². The zero-order valence-corrected chi connectivity index (χ0v) is 45.2. The molecule has 0 aromatic heterocycles. The lowest BCUT2D eigenvalue weighted by molar-refractivity contribution is -0.0146. The SMILES string of the molecule is C[Si]1(C)O[Si]2(C3CCCCC3)O[Si]3(C4CCCCC4)O[Si](C)(C)O[Si]4(C5CCCCC5)O[Si](C5CCCCC5)(O1)O[Si](C1CCCCC1)(O2)O[Si](C1CCCCC1)(O3)O4. The van der Waals surface area contributed by atoms with Gasteiger partial charge in [-0.1, -0.05) is 116 Å². The van der Waals surface area contributed by atoms with E-state index in [1.165, 1.54) is 38.5 Å². The minimum absolute atomic E-state index is 0.0930. The van der Waals surface area contributed by atoms with E-state index in [0.717, 1.165) is 154 Å². The zero-order valence-electron chi connectivity index (χ0n) is 37.2. The summed E-state index contributed by atoms with van der Waals surface area (Å²) in [6, 6.07) is 0. The first kappa shape index (κ1) is 44.1. The van der Waals surface area contributed by atoms with E-state index in [1.807, 2.05) is 0 Å². The molecule has 11 nitrogen and oxygen atoms in total. The second-order valence-corrected chi connectivity index (χ2v) is 48.3. The highest BCUT2D eigenvalue weighted by Crippen LogP contribution is 2.62. The van der Waals surface area contributed by atoms with Gasteiger partial charge in [-0.2, -0.15) is 0 Å². The van der Waals surface area contributed by atoms with Crippen molar-refractivity contribution >= 4 is 69.9 Å². The van der Waals surface area contributed by atoms with Crippen LogP contribution in [0.4, 0.5) is 0 Å². The molecule has 10 rings (SSSR count). The Bertz CT molecular complexity index is 1280. The molecule has 0 aromatic rings. The summed E-state index contributed by atoms with van der Waals surface area (Å²) >= 11 is 0. The zero-order chi connectivity index (χ0) is 40.5. The number of fused-ring (bicyclic) bond motifs is 4. The Labute approximate surface area is 365 Å². The van der Waals surface area contributed by atoms with Gasteiger partial charge in [-0.15, -0.1) is 0 Å². The molecule has 6 saturated carbocycles. The van der Waals surface area contributed by atoms with Crippen LogP contribution in [0.3, 0.4) is 0 Å². The fourth-order valence-corrected chi connectivity index (χ4v) is 65.0. The molecular formula is C40H78O11Si8. The molecule has 10 fully saturated rings. The van der Waals surface area contributed by atoms with Gasteiger partial charge in [-0.25, -0.2) is 0 Å². The van der Waals surface area contributed by atoms with Gasteiger partial charge in [-0.3, -0.25) is 0 Å².